The van der Waals surface area contributed by atoms with Crippen molar-refractivity contribution in [3.8, 4) is 0 Å². The first kappa shape index (κ1) is 11.7. The van der Waals surface area contributed by atoms with Crippen LogP contribution in [0.2, 0.25) is 0 Å². The Morgan fingerprint density at radius 1 is 0.750 bits per heavy atom. The average molecular weight is 172 g/mol. The highest BCUT2D eigenvalue weighted by molar-refractivity contribution is 4.82. The third-order valence-corrected chi connectivity index (χ3v) is 1.76. The summed E-state index contributed by atoms with van der Waals surface area (Å²) in [7, 11) is 0. The molecule has 72 valence electrons. The van der Waals surface area contributed by atoms with Gasteiger partial charge in [-0.25, -0.2) is 0 Å². The van der Waals surface area contributed by atoms with Gasteiger partial charge in [-0.3, -0.25) is 0 Å². The van der Waals surface area contributed by atoms with Crippen molar-refractivity contribution in [3.63, 3.8) is 0 Å². The molecule has 0 spiro atoms. The smallest absolute Gasteiger partial charge is 0.0662 e. The molecule has 0 radical (unpaired) electrons. The van der Waals surface area contributed by atoms with Crippen LogP contribution in [-0.2, 0) is 0 Å². The van der Waals surface area contributed by atoms with Crippen LogP contribution in [0.15, 0.2) is 12.2 Å². The van der Waals surface area contributed by atoms with Crippen LogP contribution in [0.3, 0.4) is 0 Å². The van der Waals surface area contributed by atoms with E-state index < -0.39 is 0 Å². The van der Waals surface area contributed by atoms with Gasteiger partial charge in [0.25, 0.3) is 0 Å². The topological polar surface area (TPSA) is 40.5 Å². The van der Waals surface area contributed by atoms with Crippen molar-refractivity contribution in [1.29, 1.82) is 0 Å². The summed E-state index contributed by atoms with van der Waals surface area (Å²) in [6.07, 6.45) is 13.0. The molecule has 0 amide bonds. The van der Waals surface area contributed by atoms with E-state index in [2.05, 4.69) is 12.2 Å². The molecule has 0 saturated carbocycles. The van der Waals surface area contributed by atoms with Gasteiger partial charge in [0.05, 0.1) is 13.2 Å². The van der Waals surface area contributed by atoms with Gasteiger partial charge >= 0.3 is 0 Å². The molecule has 1 rings (SSSR count). The Morgan fingerprint density at radius 2 is 1.17 bits per heavy atom. The van der Waals surface area contributed by atoms with E-state index in [0.29, 0.717) is 0 Å². The highest BCUT2D eigenvalue weighted by atomic mass is 16.3. The van der Waals surface area contributed by atoms with Crippen molar-refractivity contribution in [2.45, 2.75) is 38.5 Å². The zero-order valence-electron chi connectivity index (χ0n) is 7.71. The van der Waals surface area contributed by atoms with Crippen LogP contribution in [0.1, 0.15) is 38.5 Å². The van der Waals surface area contributed by atoms with Crippen LogP contribution < -0.4 is 0 Å². The molecule has 1 aliphatic carbocycles. The van der Waals surface area contributed by atoms with Crippen molar-refractivity contribution >= 4 is 0 Å². The first-order chi connectivity index (χ1) is 5.91. The number of rotatable bonds is 1. The molecule has 0 fully saturated rings. The normalized spacial score (nSPS) is 19.8. The molecule has 0 aromatic rings. The van der Waals surface area contributed by atoms with E-state index in [9.17, 15) is 0 Å². The van der Waals surface area contributed by atoms with Crippen LogP contribution in [0.4, 0.5) is 0 Å². The van der Waals surface area contributed by atoms with Crippen LogP contribution in [-0.4, -0.2) is 23.4 Å². The fraction of sp³-hybridized carbons (Fsp3) is 0.800. The molecule has 1 aliphatic rings. The minimum Gasteiger partial charge on any atom is -0.394 e. The molecule has 0 heterocycles. The summed E-state index contributed by atoms with van der Waals surface area (Å²) in [5.74, 6) is 0. The fourth-order valence-corrected chi connectivity index (χ4v) is 1.11. The lowest BCUT2D eigenvalue weighted by molar-refractivity contribution is 0.186. The summed E-state index contributed by atoms with van der Waals surface area (Å²) >= 11 is 0. The van der Waals surface area contributed by atoms with Crippen LogP contribution in [0, 0.1) is 0 Å². The zero-order valence-corrected chi connectivity index (χ0v) is 7.71. The minimum atomic E-state index is -0.125. The van der Waals surface area contributed by atoms with Gasteiger partial charge in [-0.15, -0.1) is 0 Å². The standard InChI is InChI=1S/C8H14.C2H6O2/c1-2-4-6-8-7-5-3-1;3-1-2-4/h1-2H,3-8H2;3-4H,1-2H2/b2-1-;. The van der Waals surface area contributed by atoms with Crippen molar-refractivity contribution in [2.75, 3.05) is 13.2 Å². The van der Waals surface area contributed by atoms with E-state index in [1.807, 2.05) is 0 Å². The van der Waals surface area contributed by atoms with E-state index in [1.54, 1.807) is 0 Å². The Hall–Kier alpha value is -0.340. The predicted octanol–water partition coefficient (Wildman–Crippen LogP) is 1.87. The van der Waals surface area contributed by atoms with Gasteiger partial charge in [-0.2, -0.15) is 0 Å². The fourth-order valence-electron chi connectivity index (χ4n) is 1.11. The summed E-state index contributed by atoms with van der Waals surface area (Å²) in [6.45, 7) is -0.250. The lowest BCUT2D eigenvalue weighted by atomic mass is 10.1. The van der Waals surface area contributed by atoms with E-state index in [0.717, 1.165) is 0 Å². The second kappa shape index (κ2) is 10.7. The van der Waals surface area contributed by atoms with Crippen LogP contribution in [0.5, 0.6) is 0 Å². The Labute approximate surface area is 74.9 Å². The first-order valence-corrected chi connectivity index (χ1v) is 4.78. The van der Waals surface area contributed by atoms with E-state index in [1.165, 1.54) is 38.5 Å². The quantitative estimate of drug-likeness (QED) is 0.593. The molecule has 0 aromatic heterocycles. The van der Waals surface area contributed by atoms with Gasteiger partial charge < -0.3 is 10.2 Å². The van der Waals surface area contributed by atoms with E-state index >= 15 is 0 Å². The molecule has 0 aromatic carbocycles. The van der Waals surface area contributed by atoms with Crippen molar-refractivity contribution in [3.05, 3.63) is 12.2 Å². The number of allylic oxidation sites excluding steroid dienone is 2. The van der Waals surface area contributed by atoms with Gasteiger partial charge in [0.1, 0.15) is 0 Å². The summed E-state index contributed by atoms with van der Waals surface area (Å²) in [6, 6.07) is 0. The summed E-state index contributed by atoms with van der Waals surface area (Å²) in [5.41, 5.74) is 0. The molecular weight excluding hydrogens is 152 g/mol. The van der Waals surface area contributed by atoms with Crippen LogP contribution >= 0.6 is 0 Å². The van der Waals surface area contributed by atoms with Gasteiger partial charge in [0, 0.05) is 0 Å². The molecule has 2 nitrogen and oxygen atoms in total. The second-order valence-corrected chi connectivity index (χ2v) is 2.91. The Morgan fingerprint density at radius 3 is 1.50 bits per heavy atom. The lowest BCUT2D eigenvalue weighted by Crippen LogP contribution is -1.85. The largest absolute Gasteiger partial charge is 0.394 e. The summed E-state index contributed by atoms with van der Waals surface area (Å²) in [4.78, 5) is 0. The number of hydrogen-bond donors (Lipinski definition) is 2. The Kier molecular flexibility index (Phi) is 10.4. The second-order valence-electron chi connectivity index (χ2n) is 2.91. The van der Waals surface area contributed by atoms with Gasteiger partial charge in [0.2, 0.25) is 0 Å². The number of aliphatic hydroxyl groups is 2. The Bertz CT molecular complexity index is 88.0. The molecule has 0 bridgehead atoms. The SMILES string of the molecule is C1=C\CCCCCC/1.OCCO. The third kappa shape index (κ3) is 9.66. The van der Waals surface area contributed by atoms with Crippen molar-refractivity contribution in [2.24, 2.45) is 0 Å². The maximum atomic E-state index is 7.62. The molecule has 2 N–H and O–H groups in total. The number of aliphatic hydroxyl groups excluding tert-OH is 2. The van der Waals surface area contributed by atoms with Gasteiger partial charge in [-0.1, -0.05) is 25.0 Å². The van der Waals surface area contributed by atoms with E-state index in [4.69, 9.17) is 10.2 Å². The molecule has 0 saturated heterocycles. The monoisotopic (exact) mass is 172 g/mol. The maximum Gasteiger partial charge on any atom is 0.0662 e. The predicted molar refractivity (Wildman–Crippen MR) is 51.0 cm³/mol. The van der Waals surface area contributed by atoms with Crippen molar-refractivity contribution in [1.82, 2.24) is 0 Å². The third-order valence-electron chi connectivity index (χ3n) is 1.76. The van der Waals surface area contributed by atoms with Crippen molar-refractivity contribution < 1.29 is 10.2 Å². The zero-order chi connectivity index (χ0) is 9.07. The molecular formula is C10H20O2. The van der Waals surface area contributed by atoms with Gasteiger partial charge in [0.15, 0.2) is 0 Å². The first-order valence-electron chi connectivity index (χ1n) is 4.78. The summed E-state index contributed by atoms with van der Waals surface area (Å²) < 4.78 is 0. The number of hydrogen-bond acceptors (Lipinski definition) is 2. The highest BCUT2D eigenvalue weighted by Crippen LogP contribution is 2.09. The lowest BCUT2D eigenvalue weighted by Gasteiger charge is -2.00. The molecule has 2 heteroatoms. The Balaban J connectivity index is 0.000000261. The molecule has 0 atom stereocenters. The average Bonchev–Trinajstić information content (AvgIpc) is 2.04. The maximum absolute atomic E-state index is 7.62. The highest BCUT2D eigenvalue weighted by Gasteiger charge is 1.89. The molecule has 0 aliphatic heterocycles. The minimum absolute atomic E-state index is 0.125. The molecule has 12 heavy (non-hydrogen) atoms. The summed E-state index contributed by atoms with van der Waals surface area (Å²) in [5, 5.41) is 15.2. The van der Waals surface area contributed by atoms with Crippen LogP contribution in [0.25, 0.3) is 0 Å². The molecule has 0 unspecified atom stereocenters. The van der Waals surface area contributed by atoms with E-state index in [-0.39, 0.29) is 13.2 Å². The van der Waals surface area contributed by atoms with Gasteiger partial charge in [-0.05, 0) is 25.7 Å².